The number of nitrogens with two attached hydrogens (primary N) is 1. The van der Waals surface area contributed by atoms with Crippen LogP contribution in [0.5, 0.6) is 0 Å². The van der Waals surface area contributed by atoms with Crippen molar-refractivity contribution in [2.75, 3.05) is 18.6 Å². The van der Waals surface area contributed by atoms with Crippen molar-refractivity contribution in [3.63, 3.8) is 0 Å². The topological polar surface area (TPSA) is 231 Å². The van der Waals surface area contributed by atoms with Gasteiger partial charge >= 0.3 is 0 Å². The monoisotopic (exact) mass is 462 g/mol. The van der Waals surface area contributed by atoms with Crippen LogP contribution in [-0.2, 0) is 29.7 Å². The van der Waals surface area contributed by atoms with Crippen molar-refractivity contribution >= 4 is 37.3 Å². The summed E-state index contributed by atoms with van der Waals surface area (Å²) < 4.78 is 50.2. The molecule has 0 aromatic heterocycles. The van der Waals surface area contributed by atoms with E-state index in [0.717, 1.165) is 12.1 Å². The quantitative estimate of drug-likeness (QED) is 0.287. The summed E-state index contributed by atoms with van der Waals surface area (Å²) in [6.45, 7) is -0.825. The van der Waals surface area contributed by atoms with Crippen molar-refractivity contribution in [3.05, 3.63) is 32.2 Å². The van der Waals surface area contributed by atoms with Gasteiger partial charge in [0.1, 0.15) is 22.6 Å². The molecule has 28 heavy (non-hydrogen) atoms. The van der Waals surface area contributed by atoms with E-state index in [0.29, 0.717) is 0 Å². The average Bonchev–Trinajstić information content (AvgIpc) is 2.53. The highest BCUT2D eigenvalue weighted by molar-refractivity contribution is 7.90. The van der Waals surface area contributed by atoms with Crippen molar-refractivity contribution in [1.82, 2.24) is 4.72 Å². The van der Waals surface area contributed by atoms with Gasteiger partial charge in [-0.05, 0) is 12.1 Å². The molecule has 1 aliphatic rings. The molecule has 0 bridgehead atoms. The molecule has 1 unspecified atom stereocenters. The molecule has 2 atom stereocenters. The molecule has 1 heterocycles. The Kier molecular flexibility index (Phi) is 7.09. The van der Waals surface area contributed by atoms with Crippen LogP contribution in [-0.4, -0.2) is 53.3 Å². The second kappa shape index (κ2) is 8.37. The summed E-state index contributed by atoms with van der Waals surface area (Å²) in [7, 11) is -7.32. The lowest BCUT2D eigenvalue weighted by molar-refractivity contribution is -0.759. The molecule has 158 valence electrons. The Hall–Kier alpha value is -2.31. The molecular formula is C10H13ClN5O10S2-. The van der Waals surface area contributed by atoms with Gasteiger partial charge in [0.2, 0.25) is 20.0 Å². The maximum absolute atomic E-state index is 12.5. The summed E-state index contributed by atoms with van der Waals surface area (Å²) in [5.41, 5.74) is -0.0725. The predicted octanol–water partition coefficient (Wildman–Crippen LogP) is -0.860. The Morgan fingerprint density at radius 2 is 2.11 bits per heavy atom. The third kappa shape index (κ3) is 4.75. The maximum atomic E-state index is 12.5. The molecule has 18 heteroatoms. The largest absolute Gasteiger partial charge is 0.870 e. The lowest BCUT2D eigenvalue weighted by Gasteiger charge is -2.38. The average molecular weight is 463 g/mol. The summed E-state index contributed by atoms with van der Waals surface area (Å²) in [4.78, 5) is 29.5. The number of nitrogens with one attached hydrogen (secondary N) is 1. The summed E-state index contributed by atoms with van der Waals surface area (Å²) in [6.07, 6.45) is -2.88. The molecule has 0 saturated carbocycles. The number of benzene rings is 1. The van der Waals surface area contributed by atoms with E-state index in [1.54, 1.807) is 0 Å². The van der Waals surface area contributed by atoms with E-state index in [-0.39, 0.29) is 16.2 Å². The van der Waals surface area contributed by atoms with Crippen molar-refractivity contribution in [3.8, 4) is 0 Å². The van der Waals surface area contributed by atoms with Crippen LogP contribution >= 0.6 is 11.6 Å². The van der Waals surface area contributed by atoms with E-state index in [1.807, 2.05) is 0 Å². The Labute approximate surface area is 162 Å². The fraction of sp³-hybridized carbons (Fsp3) is 0.400. The van der Waals surface area contributed by atoms with E-state index in [2.05, 4.69) is 19.7 Å². The number of rotatable bonds is 7. The molecule has 0 saturated heterocycles. The van der Waals surface area contributed by atoms with E-state index >= 15 is 0 Å². The first kappa shape index (κ1) is 23.7. The first-order valence-electron chi connectivity index (χ1n) is 6.75. The summed E-state index contributed by atoms with van der Waals surface area (Å²) in [5.74, 6) is 0. The summed E-state index contributed by atoms with van der Waals surface area (Å²) in [6, 6.07) is 1.80. The molecule has 0 amide bonds. The zero-order valence-electron chi connectivity index (χ0n) is 13.8. The van der Waals surface area contributed by atoms with Gasteiger partial charge in [-0.3, -0.25) is 0 Å². The number of fused-ring (bicyclic) bond motifs is 1. The van der Waals surface area contributed by atoms with Crippen molar-refractivity contribution in [2.45, 2.75) is 22.1 Å². The fourth-order valence-electron chi connectivity index (χ4n) is 2.38. The van der Waals surface area contributed by atoms with Gasteiger partial charge in [0.05, 0.1) is 10.7 Å². The minimum atomic E-state index is -4.35. The normalized spacial score (nSPS) is 19.0. The number of likely N-dealkylation sites (N-methyl/N-ethyl adjacent to an activating group) is 1. The highest BCUT2D eigenvalue weighted by Gasteiger charge is 2.41. The van der Waals surface area contributed by atoms with Gasteiger partial charge < -0.3 is 20.1 Å². The SMILES string of the molecule is CN1c2cc(Cl)c(S(N)(=O)=O)cc2S(=O)(=O)NC1[C@@H](CO[N+](=O)[O-])ON=O.[OH-]. The number of anilines is 1. The first-order valence-corrected chi connectivity index (χ1v) is 10.2. The van der Waals surface area contributed by atoms with Crippen molar-refractivity contribution in [1.29, 1.82) is 0 Å². The molecule has 4 N–H and O–H groups in total. The summed E-state index contributed by atoms with van der Waals surface area (Å²) in [5, 5.41) is 16.0. The van der Waals surface area contributed by atoms with Gasteiger partial charge in [-0.2, -0.15) is 4.72 Å². The van der Waals surface area contributed by atoms with E-state index in [4.69, 9.17) is 16.7 Å². The van der Waals surface area contributed by atoms with E-state index < -0.39 is 53.8 Å². The Balaban J connectivity index is 0.00000392. The number of halogens is 1. The number of hydrogen-bond donors (Lipinski definition) is 2. The van der Waals surface area contributed by atoms with Crippen molar-refractivity contribution < 1.29 is 37.1 Å². The molecule has 1 aromatic carbocycles. The van der Waals surface area contributed by atoms with Crippen LogP contribution in [0.3, 0.4) is 0 Å². The van der Waals surface area contributed by atoms with Crippen LogP contribution < -0.4 is 14.8 Å². The van der Waals surface area contributed by atoms with Gasteiger partial charge in [-0.1, -0.05) is 11.6 Å². The molecular weight excluding hydrogens is 450 g/mol. The minimum absolute atomic E-state index is 0. The Morgan fingerprint density at radius 1 is 1.50 bits per heavy atom. The van der Waals surface area contributed by atoms with Crippen LogP contribution in [0.1, 0.15) is 0 Å². The Morgan fingerprint density at radius 3 is 2.61 bits per heavy atom. The second-order valence-corrected chi connectivity index (χ2v) is 8.83. The zero-order chi connectivity index (χ0) is 20.6. The smallest absolute Gasteiger partial charge is 0.294 e. The lowest BCUT2D eigenvalue weighted by Crippen LogP contribution is -2.58. The highest BCUT2D eigenvalue weighted by atomic mass is 35.5. The summed E-state index contributed by atoms with van der Waals surface area (Å²) >= 11 is 5.88. The molecule has 1 aliphatic heterocycles. The second-order valence-electron chi connectivity index (χ2n) is 5.21. The van der Waals surface area contributed by atoms with Crippen LogP contribution in [0.15, 0.2) is 27.3 Å². The molecule has 0 radical (unpaired) electrons. The third-order valence-corrected chi connectivity index (χ3v) is 6.39. The van der Waals surface area contributed by atoms with Crippen LogP contribution in [0.2, 0.25) is 5.02 Å². The number of primary sulfonamides is 1. The zero-order valence-corrected chi connectivity index (χ0v) is 16.1. The van der Waals surface area contributed by atoms with Gasteiger partial charge in [-0.25, -0.2) is 22.0 Å². The van der Waals surface area contributed by atoms with Gasteiger partial charge in [0, 0.05) is 7.05 Å². The Bertz CT molecular complexity index is 985. The van der Waals surface area contributed by atoms with Crippen molar-refractivity contribution in [2.24, 2.45) is 10.5 Å². The number of sulfonamides is 2. The molecule has 0 spiro atoms. The lowest BCUT2D eigenvalue weighted by atomic mass is 10.2. The fourth-order valence-corrected chi connectivity index (χ4v) is 5.05. The van der Waals surface area contributed by atoms with E-state index in [1.165, 1.54) is 11.9 Å². The molecule has 0 aliphatic carbocycles. The predicted molar refractivity (Wildman–Crippen MR) is 90.9 cm³/mol. The number of nitrogens with zero attached hydrogens (tertiary/aromatic N) is 3. The highest BCUT2D eigenvalue weighted by Crippen LogP contribution is 2.37. The standard InChI is InChI=1S/C10H12ClN5O9S2.H2O/c1-15-6-2-5(11)8(26(12,20)21)3-9(6)27(22,23)13-10(15)7(25-14-17)4-24-16(18)19;/h2-3,7,10,13H,4H2,1H3,(H2,12,20,21);1H2/p-1/t7-,10?;/m1./s1. The molecule has 2 rings (SSSR count). The first-order chi connectivity index (χ1) is 12.4. The molecule has 15 nitrogen and oxygen atoms in total. The number of hydrogen-bond acceptors (Lipinski definition) is 12. The maximum Gasteiger partial charge on any atom is 0.294 e. The van der Waals surface area contributed by atoms with Crippen LogP contribution in [0.25, 0.3) is 0 Å². The van der Waals surface area contributed by atoms with Gasteiger partial charge in [-0.15, -0.1) is 15.0 Å². The van der Waals surface area contributed by atoms with Gasteiger partial charge in [0.25, 0.3) is 5.09 Å². The third-order valence-electron chi connectivity index (χ3n) is 3.56. The van der Waals surface area contributed by atoms with Gasteiger partial charge in [0.15, 0.2) is 11.4 Å². The van der Waals surface area contributed by atoms with Crippen LogP contribution in [0, 0.1) is 15.0 Å². The molecule has 1 aromatic rings. The minimum Gasteiger partial charge on any atom is -0.870 e. The van der Waals surface area contributed by atoms with E-state index in [9.17, 15) is 31.9 Å². The van der Waals surface area contributed by atoms with Crippen LogP contribution in [0.4, 0.5) is 5.69 Å². The molecule has 0 fully saturated rings.